The largest absolute Gasteiger partial charge is 0.313 e. The minimum Gasteiger partial charge on any atom is -0.313 e. The third-order valence-electron chi connectivity index (χ3n) is 5.49. The van der Waals surface area contributed by atoms with Crippen LogP contribution in [0.4, 0.5) is 0 Å². The van der Waals surface area contributed by atoms with Gasteiger partial charge in [0.15, 0.2) is 0 Å². The Hall–Kier alpha value is -1.17. The zero-order valence-corrected chi connectivity index (χ0v) is 15.9. The average Bonchev–Trinajstić information content (AvgIpc) is 3.15. The van der Waals surface area contributed by atoms with Crippen molar-refractivity contribution in [3.05, 3.63) is 35.8 Å². The Morgan fingerprint density at radius 3 is 2.92 bits per heavy atom. The Labute approximate surface area is 154 Å². The van der Waals surface area contributed by atoms with Gasteiger partial charge < -0.3 is 10.2 Å². The highest BCUT2D eigenvalue weighted by molar-refractivity contribution is 7.99. The van der Waals surface area contributed by atoms with Crippen LogP contribution in [0.15, 0.2) is 24.4 Å². The second kappa shape index (κ2) is 8.02. The maximum atomic E-state index is 4.79. The summed E-state index contributed by atoms with van der Waals surface area (Å²) in [5.74, 6) is 1.91. The number of nitrogens with zero attached hydrogens (tertiary/aromatic N) is 3. The van der Waals surface area contributed by atoms with Crippen molar-refractivity contribution in [2.45, 2.75) is 49.7 Å². The lowest BCUT2D eigenvalue weighted by atomic mass is 10.1. The second-order valence-corrected chi connectivity index (χ2v) is 8.69. The molecule has 0 amide bonds. The molecule has 25 heavy (non-hydrogen) atoms. The van der Waals surface area contributed by atoms with Crippen LogP contribution in [0.3, 0.4) is 0 Å². The predicted molar refractivity (Wildman–Crippen MR) is 106 cm³/mol. The van der Waals surface area contributed by atoms with E-state index in [9.17, 15) is 0 Å². The molecule has 0 unspecified atom stereocenters. The molecule has 0 bridgehead atoms. The van der Waals surface area contributed by atoms with Crippen molar-refractivity contribution in [1.82, 2.24) is 20.2 Å². The number of fused-ring (bicyclic) bond motifs is 1. The summed E-state index contributed by atoms with van der Waals surface area (Å²) in [5.41, 5.74) is 2.34. The van der Waals surface area contributed by atoms with Gasteiger partial charge in [-0.25, -0.2) is 9.97 Å². The van der Waals surface area contributed by atoms with E-state index in [1.165, 1.54) is 57.4 Å². The monoisotopic (exact) mass is 356 g/mol. The smallest absolute Gasteiger partial charge is 0.138 e. The van der Waals surface area contributed by atoms with Crippen LogP contribution in [0.2, 0.25) is 0 Å². The van der Waals surface area contributed by atoms with Crippen molar-refractivity contribution in [2.24, 2.45) is 0 Å². The van der Waals surface area contributed by atoms with Crippen molar-refractivity contribution in [3.63, 3.8) is 0 Å². The van der Waals surface area contributed by atoms with Gasteiger partial charge in [-0.1, -0.05) is 18.2 Å². The van der Waals surface area contributed by atoms with E-state index < -0.39 is 0 Å². The first-order chi connectivity index (χ1) is 12.3. The van der Waals surface area contributed by atoms with Crippen LogP contribution >= 0.6 is 11.8 Å². The van der Waals surface area contributed by atoms with Crippen LogP contribution in [0, 0.1) is 6.92 Å². The molecular formula is C20H28N4S. The number of aromatic nitrogens is 2. The first-order valence-electron chi connectivity index (χ1n) is 9.56. The summed E-state index contributed by atoms with van der Waals surface area (Å²) < 4.78 is 0. The first kappa shape index (κ1) is 17.3. The molecule has 4 nitrogen and oxygen atoms in total. The summed E-state index contributed by atoms with van der Waals surface area (Å²) in [4.78, 5) is 12.0. The van der Waals surface area contributed by atoms with Gasteiger partial charge in [0.1, 0.15) is 5.82 Å². The summed E-state index contributed by atoms with van der Waals surface area (Å²) >= 11 is 2.04. The molecule has 2 aromatic rings. The van der Waals surface area contributed by atoms with Crippen LogP contribution in [-0.4, -0.2) is 52.3 Å². The number of hydrogen-bond acceptors (Lipinski definition) is 5. The highest BCUT2D eigenvalue weighted by Crippen LogP contribution is 2.27. The molecular weight excluding hydrogens is 328 g/mol. The normalized spacial score (nSPS) is 22.7. The number of para-hydroxylation sites is 1. The van der Waals surface area contributed by atoms with Crippen molar-refractivity contribution in [3.8, 4) is 0 Å². The van der Waals surface area contributed by atoms with Crippen LogP contribution in [0.1, 0.15) is 37.1 Å². The van der Waals surface area contributed by atoms with Gasteiger partial charge >= 0.3 is 0 Å². The zero-order valence-electron chi connectivity index (χ0n) is 15.1. The number of nitrogens with one attached hydrogen (secondary N) is 1. The van der Waals surface area contributed by atoms with Gasteiger partial charge in [0, 0.05) is 29.4 Å². The fourth-order valence-corrected chi connectivity index (χ4v) is 5.05. The first-order valence-corrected chi connectivity index (χ1v) is 10.6. The third-order valence-corrected chi connectivity index (χ3v) is 6.85. The maximum absolute atomic E-state index is 4.79. The van der Waals surface area contributed by atoms with E-state index in [1.807, 2.05) is 18.0 Å². The number of thioether (sulfide) groups is 1. The number of aryl methyl sites for hydroxylation is 1. The van der Waals surface area contributed by atoms with Gasteiger partial charge in [0.2, 0.25) is 0 Å². The average molecular weight is 357 g/mol. The molecule has 2 saturated heterocycles. The highest BCUT2D eigenvalue weighted by atomic mass is 32.2. The Balaban J connectivity index is 1.27. The Kier molecular flexibility index (Phi) is 5.54. The van der Waals surface area contributed by atoms with Crippen molar-refractivity contribution >= 4 is 22.7 Å². The molecule has 3 heterocycles. The van der Waals surface area contributed by atoms with E-state index in [-0.39, 0.29) is 0 Å². The molecule has 134 valence electrons. The highest BCUT2D eigenvalue weighted by Gasteiger charge is 2.23. The Morgan fingerprint density at radius 2 is 2.12 bits per heavy atom. The summed E-state index contributed by atoms with van der Waals surface area (Å²) in [6, 6.07) is 7.03. The van der Waals surface area contributed by atoms with E-state index >= 15 is 0 Å². The minimum absolute atomic E-state index is 0.735. The molecule has 0 saturated carbocycles. The van der Waals surface area contributed by atoms with Crippen LogP contribution < -0.4 is 5.32 Å². The molecule has 0 radical (unpaired) electrons. The van der Waals surface area contributed by atoms with Crippen LogP contribution in [0.25, 0.3) is 10.9 Å². The second-order valence-electron chi connectivity index (χ2n) is 7.40. The van der Waals surface area contributed by atoms with Gasteiger partial charge in [-0.3, -0.25) is 0 Å². The summed E-state index contributed by atoms with van der Waals surface area (Å²) in [5, 5.41) is 5.51. The lowest BCUT2D eigenvalue weighted by molar-refractivity contribution is 0.214. The van der Waals surface area contributed by atoms with Crippen molar-refractivity contribution in [2.75, 3.05) is 26.2 Å². The zero-order chi connectivity index (χ0) is 17.1. The molecule has 1 aromatic carbocycles. The maximum Gasteiger partial charge on any atom is 0.138 e. The van der Waals surface area contributed by atoms with Crippen molar-refractivity contribution in [1.29, 1.82) is 0 Å². The van der Waals surface area contributed by atoms with Crippen LogP contribution in [-0.2, 0) is 5.75 Å². The molecule has 2 fully saturated rings. The van der Waals surface area contributed by atoms with E-state index in [2.05, 4.69) is 40.3 Å². The van der Waals surface area contributed by atoms with E-state index in [1.54, 1.807) is 0 Å². The molecule has 4 rings (SSSR count). The van der Waals surface area contributed by atoms with Gasteiger partial charge in [-0.2, -0.15) is 11.8 Å². The van der Waals surface area contributed by atoms with Crippen molar-refractivity contribution < 1.29 is 0 Å². The summed E-state index contributed by atoms with van der Waals surface area (Å²) in [6.07, 6.45) is 7.27. The number of piperidine rings is 1. The topological polar surface area (TPSA) is 41.1 Å². The van der Waals surface area contributed by atoms with E-state index in [0.717, 1.165) is 33.8 Å². The molecule has 1 N–H and O–H groups in total. The number of hydrogen-bond donors (Lipinski definition) is 1. The Bertz CT molecular complexity index is 706. The number of rotatable bonds is 5. The van der Waals surface area contributed by atoms with Gasteiger partial charge in [-0.15, -0.1) is 0 Å². The molecule has 2 aliphatic heterocycles. The van der Waals surface area contributed by atoms with E-state index in [0.29, 0.717) is 0 Å². The summed E-state index contributed by atoms with van der Waals surface area (Å²) in [7, 11) is 0. The van der Waals surface area contributed by atoms with Crippen LogP contribution in [0.5, 0.6) is 0 Å². The molecule has 5 heteroatoms. The van der Waals surface area contributed by atoms with E-state index in [4.69, 9.17) is 4.98 Å². The SMILES string of the molecule is Cc1cccc2cnc(CSC3CCN(C[C@@H]4CCCN4)CC3)nc12. The minimum atomic E-state index is 0.735. The standard InChI is InChI=1S/C20H28N4S/c1-15-4-2-5-16-12-22-19(23-20(15)16)14-25-18-7-10-24(11-8-18)13-17-6-3-9-21-17/h2,4-5,12,17-18,21H,3,6-11,13-14H2,1H3/t17-/m0/s1. The molecule has 0 spiro atoms. The third kappa shape index (κ3) is 4.33. The molecule has 1 aromatic heterocycles. The lowest BCUT2D eigenvalue weighted by Crippen LogP contribution is -2.42. The van der Waals surface area contributed by atoms with Gasteiger partial charge in [0.25, 0.3) is 0 Å². The molecule has 0 aliphatic carbocycles. The number of benzene rings is 1. The fraction of sp³-hybridized carbons (Fsp3) is 0.600. The summed E-state index contributed by atoms with van der Waals surface area (Å²) in [6.45, 7) is 7.06. The molecule has 2 aliphatic rings. The quantitative estimate of drug-likeness (QED) is 0.889. The fourth-order valence-electron chi connectivity index (χ4n) is 3.99. The molecule has 1 atom stereocenters. The predicted octanol–water partition coefficient (Wildman–Crippen LogP) is 3.39. The van der Waals surface area contributed by atoms with Gasteiger partial charge in [0.05, 0.1) is 11.3 Å². The van der Waals surface area contributed by atoms with Gasteiger partial charge in [-0.05, 0) is 57.8 Å². The Morgan fingerprint density at radius 1 is 1.24 bits per heavy atom. The number of likely N-dealkylation sites (tertiary alicyclic amines) is 1. The lowest BCUT2D eigenvalue weighted by Gasteiger charge is -2.33.